The minimum absolute atomic E-state index is 0.000288. The number of phenolic OH excluding ortho intramolecular Hbond substituents is 1. The lowest BCUT2D eigenvalue weighted by Gasteiger charge is -2.46. The molecule has 12 atom stereocenters. The molecule has 0 saturated carbocycles. The number of amides is 7. The molecule has 2 saturated heterocycles. The fourth-order valence-corrected chi connectivity index (χ4v) is 9.54. The Kier molecular flexibility index (Phi) is 22.5. The van der Waals surface area contributed by atoms with Crippen LogP contribution in [0.4, 0.5) is 0 Å². The van der Waals surface area contributed by atoms with Gasteiger partial charge >= 0.3 is 5.97 Å². The first-order valence-corrected chi connectivity index (χ1v) is 26.1. The number of esters is 1. The van der Waals surface area contributed by atoms with Crippen LogP contribution in [-0.2, 0) is 65.4 Å². The summed E-state index contributed by atoms with van der Waals surface area (Å²) in [7, 11) is 4.07. The predicted octanol–water partition coefficient (Wildman–Crippen LogP) is 1.32. The number of nitrogens with zero attached hydrogens (tertiary/aromatic N) is 2. The Morgan fingerprint density at radius 3 is 2.08 bits per heavy atom. The van der Waals surface area contributed by atoms with E-state index in [0.29, 0.717) is 24.0 Å². The van der Waals surface area contributed by atoms with E-state index in [9.17, 15) is 48.9 Å². The molecule has 8 N–H and O–H groups in total. The molecule has 1 aliphatic carbocycles. The maximum atomic E-state index is 15.2. The summed E-state index contributed by atoms with van der Waals surface area (Å²) in [6.07, 6.45) is 2.54. The van der Waals surface area contributed by atoms with Crippen molar-refractivity contribution in [2.24, 2.45) is 17.8 Å². The first-order chi connectivity index (χ1) is 36.2. The molecule has 2 heterocycles. The van der Waals surface area contributed by atoms with Crippen LogP contribution in [0.2, 0.25) is 0 Å². The fraction of sp³-hybridized carbons (Fsp3) is 0.564. The number of hydrogen-bond acceptors (Lipinski definition) is 14. The summed E-state index contributed by atoms with van der Waals surface area (Å²) in [6.45, 7) is 7.76. The van der Waals surface area contributed by atoms with Gasteiger partial charge in [-0.1, -0.05) is 107 Å². The largest absolute Gasteiger partial charge is 0.508 e. The number of aliphatic hydroxyl groups is 2. The van der Waals surface area contributed by atoms with Crippen molar-refractivity contribution in [2.45, 2.75) is 153 Å². The quantitative estimate of drug-likeness (QED) is 0.0773. The van der Waals surface area contributed by atoms with Gasteiger partial charge < -0.3 is 65.9 Å². The number of allylic oxidation sites excluding steroid dienone is 2. The molecule has 3 aliphatic rings. The number of piperidine rings is 1. The number of rotatable bonds is 18. The molecule has 416 valence electrons. The van der Waals surface area contributed by atoms with Gasteiger partial charge in [-0.05, 0) is 80.0 Å². The number of aryl methyl sites for hydroxylation is 1. The molecule has 2 aliphatic heterocycles. The van der Waals surface area contributed by atoms with Crippen molar-refractivity contribution in [3.05, 3.63) is 90.0 Å². The van der Waals surface area contributed by atoms with E-state index in [1.54, 1.807) is 75.4 Å². The first-order valence-electron chi connectivity index (χ1n) is 26.1. The van der Waals surface area contributed by atoms with E-state index in [1.807, 2.05) is 6.92 Å². The second kappa shape index (κ2) is 28.5. The molecule has 12 unspecified atom stereocenters. The number of hydrogen-bond donors (Lipinski definition) is 8. The highest BCUT2D eigenvalue weighted by Gasteiger charge is 2.48. The van der Waals surface area contributed by atoms with Crippen molar-refractivity contribution in [1.29, 1.82) is 0 Å². The standard InChI is InChI=1S/C55H77N7O14/c1-9-31(3)45-55(73)76-33(5)46(60-48(66)39(56-51(69)43(30-63)74-7)25-20-34-16-21-37(64)22-17-34)52(70)58-41(28-36-18-23-38(65)24-19-36)49(67)57-40-26-27-44(75-8)62(53(40)71)47(32(4)10-2)54(72)61(6)42(50(68)59-45)29-35-14-12-11-13-15-35/h11-19,21-24,31-33,36,38-47,63-65H,9-10,20,25-30H2,1-8H3,(H,56,69)(H,57,67)(H,58,70)(H,59,68)(H,60,66). The highest BCUT2D eigenvalue weighted by Crippen LogP contribution is 2.29. The Morgan fingerprint density at radius 1 is 0.816 bits per heavy atom. The van der Waals surface area contributed by atoms with Crippen LogP contribution in [0.1, 0.15) is 84.3 Å². The summed E-state index contributed by atoms with van der Waals surface area (Å²) in [5.41, 5.74) is 1.35. The van der Waals surface area contributed by atoms with E-state index in [1.165, 1.54) is 62.3 Å². The van der Waals surface area contributed by atoms with Gasteiger partial charge in [0.05, 0.1) is 12.7 Å². The zero-order valence-corrected chi connectivity index (χ0v) is 44.7. The van der Waals surface area contributed by atoms with Crippen molar-refractivity contribution in [2.75, 3.05) is 27.9 Å². The van der Waals surface area contributed by atoms with E-state index < -0.39 is 139 Å². The average Bonchev–Trinajstić information content (AvgIpc) is 3.42. The summed E-state index contributed by atoms with van der Waals surface area (Å²) in [5, 5.41) is 43.6. The summed E-state index contributed by atoms with van der Waals surface area (Å²) in [4.78, 5) is 120. The average molecular weight is 1060 g/mol. The molecule has 2 aromatic rings. The van der Waals surface area contributed by atoms with Crippen molar-refractivity contribution in [3.8, 4) is 5.75 Å². The number of fused-ring (bicyclic) bond motifs is 2. The second-order valence-corrected chi connectivity index (χ2v) is 20.0. The number of benzene rings is 2. The molecule has 21 nitrogen and oxygen atoms in total. The van der Waals surface area contributed by atoms with E-state index in [-0.39, 0.29) is 44.3 Å². The van der Waals surface area contributed by atoms with Gasteiger partial charge in [-0.2, -0.15) is 0 Å². The first kappa shape index (κ1) is 60.2. The highest BCUT2D eigenvalue weighted by atomic mass is 16.5. The number of likely N-dealkylation sites (N-methyl/N-ethyl adjacent to an activating group) is 1. The summed E-state index contributed by atoms with van der Waals surface area (Å²) < 4.78 is 17.0. The molecule has 76 heavy (non-hydrogen) atoms. The molecular weight excluding hydrogens is 983 g/mol. The van der Waals surface area contributed by atoms with Gasteiger partial charge in [0.2, 0.25) is 35.4 Å². The fourth-order valence-electron chi connectivity index (χ4n) is 9.54. The minimum Gasteiger partial charge on any atom is -0.508 e. The van der Waals surface area contributed by atoms with E-state index in [2.05, 4.69) is 26.6 Å². The number of ether oxygens (including phenoxy) is 3. The monoisotopic (exact) mass is 1060 g/mol. The van der Waals surface area contributed by atoms with Gasteiger partial charge in [-0.25, -0.2) is 4.79 Å². The van der Waals surface area contributed by atoms with Gasteiger partial charge in [0, 0.05) is 27.7 Å². The second-order valence-electron chi connectivity index (χ2n) is 20.0. The molecule has 0 radical (unpaired) electrons. The van der Waals surface area contributed by atoms with Crippen LogP contribution in [0, 0.1) is 17.8 Å². The summed E-state index contributed by atoms with van der Waals surface area (Å²) in [6, 6.07) is 5.37. The minimum atomic E-state index is -1.80. The Balaban J connectivity index is 1.65. The Hall–Kier alpha value is -6.68. The van der Waals surface area contributed by atoms with Gasteiger partial charge in [0.15, 0.2) is 6.10 Å². The third-order valence-electron chi connectivity index (χ3n) is 14.7. The lowest BCUT2D eigenvalue weighted by molar-refractivity contribution is -0.171. The van der Waals surface area contributed by atoms with Crippen molar-refractivity contribution in [3.63, 3.8) is 0 Å². The summed E-state index contributed by atoms with van der Waals surface area (Å²) in [5.74, 6) is -8.19. The van der Waals surface area contributed by atoms with Crippen LogP contribution in [0.15, 0.2) is 78.9 Å². The van der Waals surface area contributed by atoms with Gasteiger partial charge in [0.1, 0.15) is 60.4 Å². The number of aliphatic hydroxyl groups excluding tert-OH is 2. The smallest absolute Gasteiger partial charge is 0.329 e. The van der Waals surface area contributed by atoms with E-state index >= 15 is 4.79 Å². The van der Waals surface area contributed by atoms with Crippen LogP contribution in [0.25, 0.3) is 0 Å². The lowest BCUT2D eigenvalue weighted by atomic mass is 9.90. The molecule has 21 heteroatoms. The third kappa shape index (κ3) is 15.7. The number of carbonyl (C=O) groups excluding carboxylic acids is 8. The molecule has 2 fully saturated rings. The molecule has 2 aromatic carbocycles. The Labute approximate surface area is 444 Å². The van der Waals surface area contributed by atoms with Crippen molar-refractivity contribution >= 4 is 47.3 Å². The Bertz CT molecular complexity index is 2370. The van der Waals surface area contributed by atoms with Gasteiger partial charge in [0.25, 0.3) is 5.91 Å². The number of aromatic hydroxyl groups is 1. The van der Waals surface area contributed by atoms with Crippen LogP contribution in [0.5, 0.6) is 5.75 Å². The predicted molar refractivity (Wildman–Crippen MR) is 278 cm³/mol. The van der Waals surface area contributed by atoms with Crippen LogP contribution >= 0.6 is 0 Å². The molecular formula is C55H77N7O14. The Morgan fingerprint density at radius 2 is 1.47 bits per heavy atom. The normalized spacial score (nSPS) is 27.6. The van der Waals surface area contributed by atoms with Crippen molar-refractivity contribution < 1.29 is 67.9 Å². The number of cyclic esters (lactones) is 1. The van der Waals surface area contributed by atoms with Crippen LogP contribution in [0.3, 0.4) is 0 Å². The van der Waals surface area contributed by atoms with Gasteiger partial charge in [-0.15, -0.1) is 0 Å². The molecule has 0 aromatic heterocycles. The van der Waals surface area contributed by atoms with Crippen LogP contribution < -0.4 is 26.6 Å². The van der Waals surface area contributed by atoms with Crippen molar-refractivity contribution in [1.82, 2.24) is 36.4 Å². The highest BCUT2D eigenvalue weighted by molar-refractivity contribution is 5.98. The molecule has 2 bridgehead atoms. The maximum absolute atomic E-state index is 15.2. The number of phenols is 1. The lowest BCUT2D eigenvalue weighted by Crippen LogP contribution is -2.66. The van der Waals surface area contributed by atoms with Crippen LogP contribution in [-0.4, -0.2) is 167 Å². The zero-order valence-electron chi connectivity index (χ0n) is 44.7. The molecule has 7 amide bonds. The SMILES string of the molecule is CCC(C)C1NC(=O)C(Cc2ccccc2)N(C)C(=O)C(C(C)CC)N2C(=O)C(CCC2OC)NC(=O)C(CC2C=CC(O)C=C2)NC(=O)C(NC(=O)C(CCc2ccc(O)cc2)NC(=O)C(CO)OC)C(C)OC1=O. The molecule has 0 spiro atoms. The number of nitrogens with one attached hydrogen (secondary N) is 5. The number of carbonyl (C=O) groups is 8. The third-order valence-corrected chi connectivity index (χ3v) is 14.7. The zero-order chi connectivity index (χ0) is 55.8. The summed E-state index contributed by atoms with van der Waals surface area (Å²) >= 11 is 0. The topological polar surface area (TPSA) is 292 Å². The van der Waals surface area contributed by atoms with E-state index in [4.69, 9.17) is 14.2 Å². The molecule has 5 rings (SSSR count). The number of methoxy groups -OCH3 is 2. The van der Waals surface area contributed by atoms with Gasteiger partial charge in [-0.3, -0.25) is 33.6 Å². The maximum Gasteiger partial charge on any atom is 0.329 e. The van der Waals surface area contributed by atoms with E-state index in [0.717, 1.165) is 0 Å².